The summed E-state index contributed by atoms with van der Waals surface area (Å²) in [4.78, 5) is 11.5. The smallest absolute Gasteiger partial charge is 0.237 e. The molecule has 0 fully saturated rings. The van der Waals surface area contributed by atoms with E-state index in [4.69, 9.17) is 15.9 Å². The predicted molar refractivity (Wildman–Crippen MR) is 58.1 cm³/mol. The number of nitrogens with two attached hydrogens (primary N) is 1. The molecule has 0 spiro atoms. The lowest BCUT2D eigenvalue weighted by molar-refractivity contribution is -0.124. The molecule has 0 rings (SSSR count). The number of hydrogen-bond donors (Lipinski definition) is 4. The van der Waals surface area contributed by atoms with Crippen molar-refractivity contribution >= 4 is 5.91 Å². The van der Waals surface area contributed by atoms with E-state index < -0.39 is 6.04 Å². The van der Waals surface area contributed by atoms with Crippen LogP contribution in [0.2, 0.25) is 0 Å². The molecule has 0 bridgehead atoms. The molecule has 0 saturated heterocycles. The minimum Gasteiger partial charge on any atom is -0.396 e. The molecule has 0 aromatic carbocycles. The monoisotopic (exact) mass is 218 g/mol. The van der Waals surface area contributed by atoms with Gasteiger partial charge in [-0.05, 0) is 5.41 Å². The maximum Gasteiger partial charge on any atom is 0.237 e. The van der Waals surface area contributed by atoms with Gasteiger partial charge in [0.05, 0.1) is 6.04 Å². The fourth-order valence-electron chi connectivity index (χ4n) is 0.935. The van der Waals surface area contributed by atoms with Crippen molar-refractivity contribution in [1.82, 2.24) is 5.32 Å². The van der Waals surface area contributed by atoms with Gasteiger partial charge in [0.1, 0.15) is 0 Å². The van der Waals surface area contributed by atoms with Gasteiger partial charge < -0.3 is 21.3 Å². The molecule has 0 heterocycles. The molecule has 0 aromatic rings. The van der Waals surface area contributed by atoms with Gasteiger partial charge in [-0.1, -0.05) is 20.8 Å². The highest BCUT2D eigenvalue weighted by molar-refractivity contribution is 5.82. The highest BCUT2D eigenvalue weighted by Crippen LogP contribution is 2.17. The van der Waals surface area contributed by atoms with Crippen LogP contribution in [0.25, 0.3) is 0 Å². The van der Waals surface area contributed by atoms with E-state index in [2.05, 4.69) is 5.32 Å². The van der Waals surface area contributed by atoms with Gasteiger partial charge in [-0.3, -0.25) is 4.79 Å². The average Bonchev–Trinajstić information content (AvgIpc) is 2.16. The minimum atomic E-state index is -0.587. The summed E-state index contributed by atoms with van der Waals surface area (Å²) in [5.74, 6) is -0.574. The number of carbonyl (C=O) groups is 1. The Morgan fingerprint density at radius 3 is 2.13 bits per heavy atom. The predicted octanol–water partition coefficient (Wildman–Crippen LogP) is -0.923. The Balaban J connectivity index is 4.04. The van der Waals surface area contributed by atoms with Crippen molar-refractivity contribution in [3.05, 3.63) is 0 Å². The fraction of sp³-hybridized carbons (Fsp3) is 0.900. The van der Waals surface area contributed by atoms with Gasteiger partial charge in [0.25, 0.3) is 0 Å². The average molecular weight is 218 g/mol. The molecule has 0 radical (unpaired) electrons. The minimum absolute atomic E-state index is 0.151. The Morgan fingerprint density at radius 1 is 1.33 bits per heavy atom. The van der Waals surface area contributed by atoms with Crippen molar-refractivity contribution in [3.63, 3.8) is 0 Å². The van der Waals surface area contributed by atoms with Crippen LogP contribution in [0.3, 0.4) is 0 Å². The van der Waals surface area contributed by atoms with Crippen LogP contribution in [-0.2, 0) is 4.79 Å². The second-order valence-electron chi connectivity index (χ2n) is 4.82. The van der Waals surface area contributed by atoms with Crippen LogP contribution in [-0.4, -0.2) is 41.9 Å². The Morgan fingerprint density at radius 2 is 1.80 bits per heavy atom. The summed E-state index contributed by atoms with van der Waals surface area (Å²) < 4.78 is 0. The number of nitrogens with one attached hydrogen (secondary N) is 1. The zero-order chi connectivity index (χ0) is 12.1. The van der Waals surface area contributed by atoms with E-state index in [1.165, 1.54) is 0 Å². The quantitative estimate of drug-likeness (QED) is 0.480. The number of amides is 1. The number of aliphatic hydroxyl groups excluding tert-OH is 2. The first-order valence-electron chi connectivity index (χ1n) is 5.08. The van der Waals surface area contributed by atoms with Gasteiger partial charge in [0.2, 0.25) is 5.91 Å². The first-order valence-corrected chi connectivity index (χ1v) is 5.08. The lowest BCUT2D eigenvalue weighted by atomic mass is 9.87. The Hall–Kier alpha value is -0.650. The second kappa shape index (κ2) is 6.05. The molecule has 5 nitrogen and oxygen atoms in total. The molecule has 90 valence electrons. The summed E-state index contributed by atoms with van der Waals surface area (Å²) >= 11 is 0. The molecule has 0 aliphatic heterocycles. The molecule has 0 unspecified atom stereocenters. The molecule has 15 heavy (non-hydrogen) atoms. The largest absolute Gasteiger partial charge is 0.396 e. The van der Waals surface area contributed by atoms with E-state index in [9.17, 15) is 4.79 Å². The van der Waals surface area contributed by atoms with Crippen molar-refractivity contribution in [2.24, 2.45) is 17.1 Å². The van der Waals surface area contributed by atoms with Gasteiger partial charge in [-0.2, -0.15) is 0 Å². The van der Waals surface area contributed by atoms with Crippen LogP contribution in [0.5, 0.6) is 0 Å². The number of rotatable bonds is 5. The normalized spacial score (nSPS) is 14.1. The van der Waals surface area contributed by atoms with E-state index in [-0.39, 0.29) is 37.0 Å². The molecule has 0 aliphatic rings. The lowest BCUT2D eigenvalue weighted by Gasteiger charge is -2.26. The van der Waals surface area contributed by atoms with Crippen LogP contribution in [0, 0.1) is 11.3 Å². The maximum atomic E-state index is 11.5. The van der Waals surface area contributed by atoms with Gasteiger partial charge >= 0.3 is 0 Å². The summed E-state index contributed by atoms with van der Waals surface area (Å²) in [5.41, 5.74) is 5.43. The number of carbonyl (C=O) groups excluding carboxylic acids is 1. The number of hydrogen-bond acceptors (Lipinski definition) is 4. The molecule has 0 aliphatic carbocycles. The van der Waals surface area contributed by atoms with Crippen molar-refractivity contribution in [2.45, 2.75) is 26.8 Å². The van der Waals surface area contributed by atoms with Crippen molar-refractivity contribution in [3.8, 4) is 0 Å². The van der Waals surface area contributed by atoms with Gasteiger partial charge in [0.15, 0.2) is 0 Å². The third kappa shape index (κ3) is 5.11. The molecule has 0 aromatic heterocycles. The van der Waals surface area contributed by atoms with Gasteiger partial charge in [-0.15, -0.1) is 0 Å². The van der Waals surface area contributed by atoms with E-state index in [0.717, 1.165) is 0 Å². The second-order valence-corrected chi connectivity index (χ2v) is 4.82. The Labute approximate surface area is 90.7 Å². The third-order valence-electron chi connectivity index (χ3n) is 2.30. The summed E-state index contributed by atoms with van der Waals surface area (Å²) in [6.07, 6.45) is 0. The Kier molecular flexibility index (Phi) is 5.79. The van der Waals surface area contributed by atoms with Crippen molar-refractivity contribution in [2.75, 3.05) is 19.8 Å². The maximum absolute atomic E-state index is 11.5. The molecular weight excluding hydrogens is 196 g/mol. The highest BCUT2D eigenvalue weighted by Gasteiger charge is 2.27. The SMILES string of the molecule is CC(C)(C)[C@H](N)C(=O)NCC(CO)CO. The van der Waals surface area contributed by atoms with Crippen LogP contribution in [0.4, 0.5) is 0 Å². The zero-order valence-corrected chi connectivity index (χ0v) is 9.66. The summed E-state index contributed by atoms with van der Waals surface area (Å²) in [7, 11) is 0. The molecule has 1 amide bonds. The first kappa shape index (κ1) is 14.3. The Bertz CT molecular complexity index is 197. The van der Waals surface area contributed by atoms with E-state index in [1.807, 2.05) is 20.8 Å². The highest BCUT2D eigenvalue weighted by atomic mass is 16.3. The van der Waals surface area contributed by atoms with Gasteiger partial charge in [-0.25, -0.2) is 0 Å². The third-order valence-corrected chi connectivity index (χ3v) is 2.30. The summed E-state index contributed by atoms with van der Waals surface area (Å²) in [5, 5.41) is 20.2. The van der Waals surface area contributed by atoms with Crippen molar-refractivity contribution < 1.29 is 15.0 Å². The molecule has 0 saturated carbocycles. The van der Waals surface area contributed by atoms with Crippen LogP contribution in [0.1, 0.15) is 20.8 Å². The summed E-state index contributed by atoms with van der Waals surface area (Å²) in [6, 6.07) is -0.587. The summed E-state index contributed by atoms with van der Waals surface area (Å²) in [6.45, 7) is 5.59. The fourth-order valence-corrected chi connectivity index (χ4v) is 0.935. The van der Waals surface area contributed by atoms with Crippen LogP contribution >= 0.6 is 0 Å². The zero-order valence-electron chi connectivity index (χ0n) is 9.66. The first-order chi connectivity index (χ1) is 6.82. The van der Waals surface area contributed by atoms with E-state index in [1.54, 1.807) is 0 Å². The van der Waals surface area contributed by atoms with E-state index in [0.29, 0.717) is 0 Å². The van der Waals surface area contributed by atoms with Gasteiger partial charge in [0, 0.05) is 25.7 Å². The van der Waals surface area contributed by atoms with Crippen LogP contribution < -0.4 is 11.1 Å². The topological polar surface area (TPSA) is 95.6 Å². The van der Waals surface area contributed by atoms with E-state index >= 15 is 0 Å². The lowest BCUT2D eigenvalue weighted by Crippen LogP contribution is -2.49. The molecule has 1 atom stereocenters. The molecule has 5 heteroatoms. The number of aliphatic hydroxyl groups is 2. The molecular formula is C10H22N2O3. The standard InChI is InChI=1S/C10H22N2O3/c1-10(2,3)8(11)9(15)12-4-7(5-13)6-14/h7-8,13-14H,4-6,11H2,1-3H3,(H,12,15)/t8-/m1/s1. The molecule has 5 N–H and O–H groups in total. The van der Waals surface area contributed by atoms with Crippen molar-refractivity contribution in [1.29, 1.82) is 0 Å². The van der Waals surface area contributed by atoms with Crippen LogP contribution in [0.15, 0.2) is 0 Å².